The second-order valence-corrected chi connectivity index (χ2v) is 5.14. The molecule has 0 saturated heterocycles. The van der Waals surface area contributed by atoms with Crippen LogP contribution >= 0.6 is 11.6 Å². The monoisotopic (exact) mass is 304 g/mol. The van der Waals surface area contributed by atoms with Gasteiger partial charge < -0.3 is 10.1 Å². The smallest absolute Gasteiger partial charge is 0.338 e. The molecule has 0 fully saturated rings. The summed E-state index contributed by atoms with van der Waals surface area (Å²) in [4.78, 5) is 18.3. The zero-order chi connectivity index (χ0) is 15.1. The molecule has 0 radical (unpaired) electrons. The first-order valence-electron chi connectivity index (χ1n) is 6.15. The Bertz CT molecular complexity index is 873. The summed E-state index contributed by atoms with van der Waals surface area (Å²) in [7, 11) is 0. The first-order valence-corrected chi connectivity index (χ1v) is 6.52. The van der Waals surface area contributed by atoms with Crippen molar-refractivity contribution in [2.45, 2.75) is 6.92 Å². The lowest BCUT2D eigenvalue weighted by Gasteiger charge is -2.02. The van der Waals surface area contributed by atoms with Crippen molar-refractivity contribution in [1.82, 2.24) is 9.97 Å². The number of nitrogens with one attached hydrogen (secondary N) is 1. The minimum Gasteiger partial charge on any atom is -0.478 e. The van der Waals surface area contributed by atoms with E-state index in [9.17, 15) is 9.18 Å². The standard InChI is InChI=1S/C15H10ClFN2O2/c1-7-4-8(16)2-3-9(7)14-18-12-5-10(15(20)21)11(17)6-13(12)19-14/h2-6H,1H3,(H,18,19)(H,20,21). The molecule has 0 saturated carbocycles. The van der Waals surface area contributed by atoms with Gasteiger partial charge in [0.2, 0.25) is 0 Å². The van der Waals surface area contributed by atoms with E-state index in [1.165, 1.54) is 6.07 Å². The third-order valence-corrected chi connectivity index (χ3v) is 3.48. The van der Waals surface area contributed by atoms with Gasteiger partial charge in [0.05, 0.1) is 16.6 Å². The maximum absolute atomic E-state index is 13.7. The fourth-order valence-corrected chi connectivity index (χ4v) is 2.44. The van der Waals surface area contributed by atoms with E-state index in [1.54, 1.807) is 12.1 Å². The normalized spacial score (nSPS) is 11.0. The third kappa shape index (κ3) is 2.36. The molecule has 3 rings (SSSR count). The van der Waals surface area contributed by atoms with Crippen LogP contribution < -0.4 is 0 Å². The number of nitrogens with zero attached hydrogens (tertiary/aromatic N) is 1. The van der Waals surface area contributed by atoms with Gasteiger partial charge in [-0.3, -0.25) is 0 Å². The van der Waals surface area contributed by atoms with Crippen LogP contribution in [0.1, 0.15) is 15.9 Å². The number of aromatic amines is 1. The molecular weight excluding hydrogens is 295 g/mol. The van der Waals surface area contributed by atoms with Gasteiger partial charge in [-0.2, -0.15) is 0 Å². The molecule has 0 unspecified atom stereocenters. The number of benzene rings is 2. The van der Waals surface area contributed by atoms with Gasteiger partial charge in [0.1, 0.15) is 11.6 Å². The molecule has 1 aromatic heterocycles. The molecule has 2 N–H and O–H groups in total. The summed E-state index contributed by atoms with van der Waals surface area (Å²) in [6, 6.07) is 7.70. The fraction of sp³-hybridized carbons (Fsp3) is 0.0667. The lowest BCUT2D eigenvalue weighted by molar-refractivity contribution is 0.0692. The van der Waals surface area contributed by atoms with Gasteiger partial charge in [0.15, 0.2) is 0 Å². The summed E-state index contributed by atoms with van der Waals surface area (Å²) < 4.78 is 13.7. The van der Waals surface area contributed by atoms with Crippen molar-refractivity contribution >= 4 is 28.6 Å². The number of rotatable bonds is 2. The number of hydrogen-bond donors (Lipinski definition) is 2. The van der Waals surface area contributed by atoms with Crippen LogP contribution in [0.2, 0.25) is 5.02 Å². The number of fused-ring (bicyclic) bond motifs is 1. The molecule has 21 heavy (non-hydrogen) atoms. The zero-order valence-electron chi connectivity index (χ0n) is 10.9. The van der Waals surface area contributed by atoms with Crippen LogP contribution in [0.5, 0.6) is 0 Å². The van der Waals surface area contributed by atoms with Gasteiger partial charge in [0.25, 0.3) is 0 Å². The molecule has 0 aliphatic rings. The first-order chi connectivity index (χ1) is 9.95. The van der Waals surface area contributed by atoms with E-state index in [0.29, 0.717) is 21.9 Å². The highest BCUT2D eigenvalue weighted by Gasteiger charge is 2.15. The third-order valence-electron chi connectivity index (χ3n) is 3.24. The number of carboxylic acid groups (broad SMARTS) is 1. The minimum absolute atomic E-state index is 0.395. The maximum Gasteiger partial charge on any atom is 0.338 e. The topological polar surface area (TPSA) is 66.0 Å². The van der Waals surface area contributed by atoms with Crippen LogP contribution in [0.15, 0.2) is 30.3 Å². The molecule has 0 amide bonds. The van der Waals surface area contributed by atoms with E-state index in [2.05, 4.69) is 9.97 Å². The van der Waals surface area contributed by atoms with Gasteiger partial charge in [-0.05, 0) is 36.8 Å². The number of aryl methyl sites for hydroxylation is 1. The van der Waals surface area contributed by atoms with Crippen LogP contribution in [-0.4, -0.2) is 21.0 Å². The Kier molecular flexibility index (Phi) is 3.14. The number of halogens is 2. The Balaban J connectivity index is 2.19. The van der Waals surface area contributed by atoms with Crippen LogP contribution in [0.4, 0.5) is 4.39 Å². The van der Waals surface area contributed by atoms with E-state index in [0.717, 1.165) is 17.2 Å². The number of H-pyrrole nitrogens is 1. The van der Waals surface area contributed by atoms with Crippen molar-refractivity contribution in [2.24, 2.45) is 0 Å². The molecule has 106 valence electrons. The quantitative estimate of drug-likeness (QED) is 0.751. The van der Waals surface area contributed by atoms with E-state index >= 15 is 0 Å². The molecule has 0 spiro atoms. The van der Waals surface area contributed by atoms with E-state index in [4.69, 9.17) is 16.7 Å². The average molecular weight is 305 g/mol. The Labute approximate surface area is 124 Å². The fourth-order valence-electron chi connectivity index (χ4n) is 2.21. The molecular formula is C15H10ClFN2O2. The molecule has 0 aliphatic carbocycles. The SMILES string of the molecule is Cc1cc(Cl)ccc1-c1nc2cc(C(=O)O)c(F)cc2[nH]1. The van der Waals surface area contributed by atoms with Crippen molar-refractivity contribution in [2.75, 3.05) is 0 Å². The van der Waals surface area contributed by atoms with Gasteiger partial charge in [-0.15, -0.1) is 0 Å². The predicted molar refractivity (Wildman–Crippen MR) is 78.2 cm³/mol. The Morgan fingerprint density at radius 2 is 2.10 bits per heavy atom. The number of carbonyl (C=O) groups is 1. The van der Waals surface area contributed by atoms with Gasteiger partial charge >= 0.3 is 5.97 Å². The molecule has 6 heteroatoms. The van der Waals surface area contributed by atoms with E-state index in [-0.39, 0.29) is 0 Å². The summed E-state index contributed by atoms with van der Waals surface area (Å²) in [5.74, 6) is -1.57. The summed E-state index contributed by atoms with van der Waals surface area (Å²) in [6.45, 7) is 1.89. The van der Waals surface area contributed by atoms with Crippen molar-refractivity contribution in [1.29, 1.82) is 0 Å². The molecule has 3 aromatic rings. The molecule has 2 aromatic carbocycles. The maximum atomic E-state index is 13.7. The van der Waals surface area contributed by atoms with Crippen LogP contribution in [0.25, 0.3) is 22.4 Å². The number of hydrogen-bond acceptors (Lipinski definition) is 2. The average Bonchev–Trinajstić information content (AvgIpc) is 2.79. The van der Waals surface area contributed by atoms with Crippen LogP contribution in [-0.2, 0) is 0 Å². The second-order valence-electron chi connectivity index (χ2n) is 4.70. The summed E-state index contributed by atoms with van der Waals surface area (Å²) in [6.07, 6.45) is 0. The molecule has 4 nitrogen and oxygen atoms in total. The molecule has 0 aliphatic heterocycles. The number of carboxylic acids is 1. The van der Waals surface area contributed by atoms with Crippen molar-refractivity contribution in [3.05, 3.63) is 52.3 Å². The zero-order valence-corrected chi connectivity index (χ0v) is 11.7. The summed E-state index contributed by atoms with van der Waals surface area (Å²) in [5, 5.41) is 9.55. The Morgan fingerprint density at radius 3 is 2.76 bits per heavy atom. The highest BCUT2D eigenvalue weighted by Crippen LogP contribution is 2.27. The van der Waals surface area contributed by atoms with E-state index in [1.807, 2.05) is 13.0 Å². The first kappa shape index (κ1) is 13.6. The number of aromatic carboxylic acids is 1. The molecule has 0 bridgehead atoms. The highest BCUT2D eigenvalue weighted by molar-refractivity contribution is 6.30. The van der Waals surface area contributed by atoms with Crippen molar-refractivity contribution < 1.29 is 14.3 Å². The largest absolute Gasteiger partial charge is 0.478 e. The van der Waals surface area contributed by atoms with Gasteiger partial charge in [0, 0.05) is 16.7 Å². The Morgan fingerprint density at radius 1 is 1.33 bits per heavy atom. The highest BCUT2D eigenvalue weighted by atomic mass is 35.5. The molecule has 0 atom stereocenters. The minimum atomic E-state index is -1.32. The second kappa shape index (κ2) is 4.86. The van der Waals surface area contributed by atoms with Gasteiger partial charge in [-0.1, -0.05) is 11.6 Å². The van der Waals surface area contributed by atoms with Crippen LogP contribution in [0.3, 0.4) is 0 Å². The summed E-state index contributed by atoms with van der Waals surface area (Å²) >= 11 is 5.91. The van der Waals surface area contributed by atoms with E-state index < -0.39 is 17.3 Å². The lowest BCUT2D eigenvalue weighted by Crippen LogP contribution is -1.99. The number of imidazole rings is 1. The predicted octanol–water partition coefficient (Wildman–Crippen LogP) is 4.03. The van der Waals surface area contributed by atoms with Crippen LogP contribution in [0, 0.1) is 12.7 Å². The van der Waals surface area contributed by atoms with Crippen molar-refractivity contribution in [3.8, 4) is 11.4 Å². The number of aromatic nitrogens is 2. The Hall–Kier alpha value is -2.40. The lowest BCUT2D eigenvalue weighted by atomic mass is 10.1. The summed E-state index contributed by atoms with van der Waals surface area (Å²) in [5.41, 5.74) is 2.20. The van der Waals surface area contributed by atoms with Crippen molar-refractivity contribution in [3.63, 3.8) is 0 Å². The van der Waals surface area contributed by atoms with Gasteiger partial charge in [-0.25, -0.2) is 14.2 Å². The molecule has 1 heterocycles.